The standard InChI is InChI=1S/C19H26N4O5S2.C17H19N5O5S2/c1-18(2,3)27-16(25)10(23-17(26)28-19(4,5)6)7-13-21-12(9-29-13)15-22-11(8-30-15)14(20)24;1-17(2,3)27-16(25)22-9(15(24)26-5-4-18)6-12-20-11(8-28-12)14-21-10(7-29-14)13(19)23/h8-10H,7H2,1-6H3,(H2,20,24)(H,23,26);7-9H,5-6H2,1-3H3,(H2,19,23)(H,22,25)/t10-;9-/m00/s1. The summed E-state index contributed by atoms with van der Waals surface area (Å²) in [5.74, 6) is -2.61. The third kappa shape index (κ3) is 16.7. The number of carbonyl (C=O) groups excluding carboxylic acids is 6. The quantitative estimate of drug-likeness (QED) is 0.101. The number of nitrogens with two attached hydrogens (primary N) is 2. The second-order valence-electron chi connectivity index (χ2n) is 15.2. The fourth-order valence-corrected chi connectivity index (χ4v) is 7.57. The molecule has 4 heterocycles. The second kappa shape index (κ2) is 20.4. The number of ether oxygens (including phenoxy) is 4. The number of primary amides is 2. The number of nitriles is 1. The molecule has 2 atom stereocenters. The average molecular weight is 892 g/mol. The van der Waals surface area contributed by atoms with Gasteiger partial charge in [0.15, 0.2) is 6.61 Å². The highest BCUT2D eigenvalue weighted by molar-refractivity contribution is 7.14. The molecular formula is C36H45N9O10S4. The summed E-state index contributed by atoms with van der Waals surface area (Å²) in [6.07, 6.45) is -1.37. The summed E-state index contributed by atoms with van der Waals surface area (Å²) in [6, 6.07) is -0.363. The van der Waals surface area contributed by atoms with Crippen molar-refractivity contribution in [2.75, 3.05) is 6.61 Å². The van der Waals surface area contributed by atoms with Gasteiger partial charge in [-0.3, -0.25) is 9.59 Å². The summed E-state index contributed by atoms with van der Waals surface area (Å²) >= 11 is 5.01. The van der Waals surface area contributed by atoms with Crippen LogP contribution in [-0.2, 0) is 41.4 Å². The zero-order valence-electron chi connectivity index (χ0n) is 33.7. The van der Waals surface area contributed by atoms with Crippen molar-refractivity contribution in [1.29, 1.82) is 5.26 Å². The number of aromatic nitrogens is 4. The fourth-order valence-electron chi connectivity index (χ4n) is 4.23. The number of alkyl carbamates (subject to hydrolysis) is 2. The van der Waals surface area contributed by atoms with Crippen molar-refractivity contribution in [3.8, 4) is 27.5 Å². The van der Waals surface area contributed by atoms with Gasteiger partial charge in [0.1, 0.15) is 67.7 Å². The lowest BCUT2D eigenvalue weighted by Crippen LogP contribution is -2.47. The Morgan fingerprint density at radius 2 is 1.02 bits per heavy atom. The third-order valence-electron chi connectivity index (χ3n) is 6.45. The van der Waals surface area contributed by atoms with E-state index in [0.717, 1.165) is 0 Å². The lowest BCUT2D eigenvalue weighted by molar-refractivity contribution is -0.157. The topological polar surface area (TPSA) is 291 Å². The van der Waals surface area contributed by atoms with Crippen LogP contribution in [0.4, 0.5) is 9.59 Å². The summed E-state index contributed by atoms with van der Waals surface area (Å²) in [6.45, 7) is 15.1. The molecule has 0 bridgehead atoms. The summed E-state index contributed by atoms with van der Waals surface area (Å²) in [5.41, 5.74) is 9.65. The van der Waals surface area contributed by atoms with Crippen LogP contribution in [0.3, 0.4) is 0 Å². The first kappa shape index (κ1) is 47.8. The van der Waals surface area contributed by atoms with E-state index in [1.807, 2.05) is 0 Å². The maximum Gasteiger partial charge on any atom is 0.408 e. The van der Waals surface area contributed by atoms with E-state index in [1.165, 1.54) is 50.7 Å². The van der Waals surface area contributed by atoms with Gasteiger partial charge < -0.3 is 41.0 Å². The first-order valence-corrected chi connectivity index (χ1v) is 21.0. The molecule has 0 radical (unpaired) electrons. The number of carbonyl (C=O) groups is 6. The Balaban J connectivity index is 0.000000316. The van der Waals surface area contributed by atoms with Crippen molar-refractivity contribution in [2.24, 2.45) is 11.5 Å². The molecular weight excluding hydrogens is 847 g/mol. The van der Waals surface area contributed by atoms with Gasteiger partial charge in [-0.2, -0.15) is 5.26 Å². The number of amides is 4. The van der Waals surface area contributed by atoms with Gasteiger partial charge in [-0.25, -0.2) is 39.1 Å². The zero-order valence-corrected chi connectivity index (χ0v) is 37.0. The van der Waals surface area contributed by atoms with E-state index in [2.05, 4.69) is 30.6 Å². The van der Waals surface area contributed by atoms with Gasteiger partial charge in [0.05, 0.1) is 10.0 Å². The Morgan fingerprint density at radius 1 is 0.627 bits per heavy atom. The Labute approximate surface area is 355 Å². The fraction of sp³-hybridized carbons (Fsp3) is 0.472. The number of thiazole rings is 4. The van der Waals surface area contributed by atoms with Crippen LogP contribution in [0.25, 0.3) is 21.4 Å². The van der Waals surface area contributed by atoms with E-state index in [4.69, 9.17) is 35.7 Å². The molecule has 4 aromatic rings. The van der Waals surface area contributed by atoms with Crippen LogP contribution in [0, 0.1) is 11.3 Å². The Hall–Kier alpha value is -5.57. The molecule has 59 heavy (non-hydrogen) atoms. The Kier molecular flexibility index (Phi) is 16.5. The highest BCUT2D eigenvalue weighted by Crippen LogP contribution is 2.28. The van der Waals surface area contributed by atoms with E-state index in [1.54, 1.807) is 84.5 Å². The van der Waals surface area contributed by atoms with E-state index in [-0.39, 0.29) is 24.2 Å². The summed E-state index contributed by atoms with van der Waals surface area (Å²) in [5, 5.41) is 22.3. The lowest BCUT2D eigenvalue weighted by Gasteiger charge is -2.25. The third-order valence-corrected chi connectivity index (χ3v) is 9.92. The minimum absolute atomic E-state index is 0.0300. The van der Waals surface area contributed by atoms with Gasteiger partial charge in [0.2, 0.25) is 0 Å². The van der Waals surface area contributed by atoms with E-state index in [9.17, 15) is 28.8 Å². The number of esters is 2. The summed E-state index contributed by atoms with van der Waals surface area (Å²) < 4.78 is 20.7. The maximum atomic E-state index is 12.6. The minimum Gasteiger partial charge on any atom is -0.458 e. The molecule has 4 rings (SSSR count). The number of nitrogens with one attached hydrogen (secondary N) is 2. The predicted octanol–water partition coefficient (Wildman–Crippen LogP) is 5.01. The number of hydrogen-bond acceptors (Lipinski definition) is 19. The van der Waals surface area contributed by atoms with Crippen LogP contribution < -0.4 is 22.1 Å². The van der Waals surface area contributed by atoms with Gasteiger partial charge in [0, 0.05) is 34.4 Å². The highest BCUT2D eigenvalue weighted by atomic mass is 32.1. The summed E-state index contributed by atoms with van der Waals surface area (Å²) in [7, 11) is 0. The molecule has 0 aromatic carbocycles. The smallest absolute Gasteiger partial charge is 0.408 e. The van der Waals surface area contributed by atoms with E-state index < -0.39 is 71.4 Å². The van der Waals surface area contributed by atoms with Crippen LogP contribution >= 0.6 is 45.3 Å². The maximum absolute atomic E-state index is 12.6. The van der Waals surface area contributed by atoms with Gasteiger partial charge >= 0.3 is 24.1 Å². The Bertz CT molecular complexity index is 2170. The minimum atomic E-state index is -1.09. The molecule has 19 nitrogen and oxygen atoms in total. The molecule has 23 heteroatoms. The van der Waals surface area contributed by atoms with Gasteiger partial charge in [-0.15, -0.1) is 45.3 Å². The molecule has 4 amide bonds. The molecule has 0 aliphatic rings. The van der Waals surface area contributed by atoms with Gasteiger partial charge in [-0.05, 0) is 62.3 Å². The normalized spacial score (nSPS) is 12.4. The van der Waals surface area contributed by atoms with Gasteiger partial charge in [-0.1, -0.05) is 0 Å². The first-order chi connectivity index (χ1) is 27.3. The molecule has 4 aromatic heterocycles. The monoisotopic (exact) mass is 891 g/mol. The molecule has 0 aliphatic heterocycles. The van der Waals surface area contributed by atoms with Crippen molar-refractivity contribution in [2.45, 2.75) is 104 Å². The number of hydrogen-bond donors (Lipinski definition) is 4. The second-order valence-corrected chi connectivity index (χ2v) is 18.8. The number of nitrogens with zero attached hydrogens (tertiary/aromatic N) is 5. The summed E-state index contributed by atoms with van der Waals surface area (Å²) in [4.78, 5) is 88.7. The van der Waals surface area contributed by atoms with Crippen LogP contribution in [-0.4, -0.2) is 91.4 Å². The van der Waals surface area contributed by atoms with Crippen LogP contribution in [0.15, 0.2) is 21.5 Å². The molecule has 0 spiro atoms. The van der Waals surface area contributed by atoms with Crippen LogP contribution in [0.1, 0.15) is 93.3 Å². The van der Waals surface area contributed by atoms with Crippen molar-refractivity contribution < 1.29 is 47.7 Å². The number of rotatable bonds is 13. The molecule has 318 valence electrons. The van der Waals surface area contributed by atoms with Crippen molar-refractivity contribution >= 4 is 81.3 Å². The molecule has 0 unspecified atom stereocenters. The SMILES string of the molecule is CC(C)(C)OC(=O)N[C@@H](Cc1nc(-c2nc(C(N)=O)cs2)cs1)C(=O)OC(C)(C)C.CC(C)(C)OC(=O)N[C@@H](Cc1nc(-c2nc(C(N)=O)cs2)cs1)C(=O)OCC#N. The van der Waals surface area contributed by atoms with Gasteiger partial charge in [0.25, 0.3) is 11.8 Å². The van der Waals surface area contributed by atoms with Crippen LogP contribution in [0.2, 0.25) is 0 Å². The molecule has 0 saturated carbocycles. The van der Waals surface area contributed by atoms with Crippen LogP contribution in [0.5, 0.6) is 0 Å². The van der Waals surface area contributed by atoms with Crippen molar-refractivity contribution in [1.82, 2.24) is 30.6 Å². The molecule has 0 fully saturated rings. The molecule has 6 N–H and O–H groups in total. The van der Waals surface area contributed by atoms with E-state index >= 15 is 0 Å². The highest BCUT2D eigenvalue weighted by Gasteiger charge is 2.31. The molecule has 0 aliphatic carbocycles. The van der Waals surface area contributed by atoms with Crippen molar-refractivity contribution in [3.63, 3.8) is 0 Å². The Morgan fingerprint density at radius 3 is 1.36 bits per heavy atom. The van der Waals surface area contributed by atoms with Crippen molar-refractivity contribution in [3.05, 3.63) is 42.9 Å². The predicted molar refractivity (Wildman–Crippen MR) is 220 cm³/mol. The van der Waals surface area contributed by atoms with E-state index in [0.29, 0.717) is 31.4 Å². The molecule has 0 saturated heterocycles. The largest absolute Gasteiger partial charge is 0.458 e. The lowest BCUT2D eigenvalue weighted by atomic mass is 10.1. The zero-order chi connectivity index (χ0) is 44.3. The first-order valence-electron chi connectivity index (χ1n) is 17.5. The average Bonchev–Trinajstić information content (AvgIpc) is 3.91.